The van der Waals surface area contributed by atoms with E-state index in [0.29, 0.717) is 24.2 Å². The van der Waals surface area contributed by atoms with Gasteiger partial charge in [-0.15, -0.1) is 0 Å². The zero-order chi connectivity index (χ0) is 12.5. The summed E-state index contributed by atoms with van der Waals surface area (Å²) in [5.74, 6) is -1.09. The largest absolute Gasteiger partial charge is 0.480 e. The highest BCUT2D eigenvalue weighted by atomic mass is 16.4. The van der Waals surface area contributed by atoms with Crippen molar-refractivity contribution in [3.8, 4) is 0 Å². The molecule has 2 rings (SSSR count). The molecule has 0 radical (unpaired) electrons. The predicted molar refractivity (Wildman–Crippen MR) is 60.6 cm³/mol. The minimum Gasteiger partial charge on any atom is -0.480 e. The van der Waals surface area contributed by atoms with Crippen LogP contribution in [0, 0.1) is 0 Å². The van der Waals surface area contributed by atoms with Gasteiger partial charge in [0.25, 0.3) is 0 Å². The SMILES string of the molecule is NC(=O)c1ccnc(NC2(C(=O)O)CCC2)c1. The van der Waals surface area contributed by atoms with Crippen LogP contribution in [-0.2, 0) is 4.79 Å². The summed E-state index contributed by atoms with van der Waals surface area (Å²) in [6.07, 6.45) is 3.42. The Morgan fingerprint density at radius 2 is 2.18 bits per heavy atom. The van der Waals surface area contributed by atoms with Crippen molar-refractivity contribution in [2.75, 3.05) is 5.32 Å². The van der Waals surface area contributed by atoms with Crippen molar-refractivity contribution in [3.63, 3.8) is 0 Å². The van der Waals surface area contributed by atoms with E-state index in [2.05, 4.69) is 10.3 Å². The Morgan fingerprint density at radius 3 is 2.65 bits per heavy atom. The van der Waals surface area contributed by atoms with Crippen LogP contribution in [0.25, 0.3) is 0 Å². The highest BCUT2D eigenvalue weighted by Gasteiger charge is 2.44. The molecule has 0 aliphatic heterocycles. The monoisotopic (exact) mass is 235 g/mol. The van der Waals surface area contributed by atoms with Crippen LogP contribution in [0.1, 0.15) is 29.6 Å². The van der Waals surface area contributed by atoms with Gasteiger partial charge in [0.1, 0.15) is 11.4 Å². The molecule has 0 spiro atoms. The molecule has 1 aromatic rings. The third-order valence-electron chi connectivity index (χ3n) is 3.03. The Bertz CT molecular complexity index is 469. The quantitative estimate of drug-likeness (QED) is 0.708. The first-order valence-corrected chi connectivity index (χ1v) is 5.31. The maximum absolute atomic E-state index is 11.1. The summed E-state index contributed by atoms with van der Waals surface area (Å²) >= 11 is 0. The van der Waals surface area contributed by atoms with Crippen molar-refractivity contribution in [1.82, 2.24) is 4.98 Å². The van der Waals surface area contributed by atoms with E-state index < -0.39 is 17.4 Å². The number of hydrogen-bond donors (Lipinski definition) is 3. The molecule has 1 aliphatic carbocycles. The molecule has 90 valence electrons. The van der Waals surface area contributed by atoms with Gasteiger partial charge >= 0.3 is 5.97 Å². The second-order valence-corrected chi connectivity index (χ2v) is 4.16. The molecule has 1 aromatic heterocycles. The fourth-order valence-electron chi connectivity index (χ4n) is 1.82. The van der Waals surface area contributed by atoms with E-state index in [0.717, 1.165) is 6.42 Å². The number of carboxylic acids is 1. The molecule has 6 heteroatoms. The van der Waals surface area contributed by atoms with E-state index in [9.17, 15) is 9.59 Å². The molecule has 1 saturated carbocycles. The lowest BCUT2D eigenvalue weighted by atomic mass is 9.77. The molecular weight excluding hydrogens is 222 g/mol. The first-order chi connectivity index (χ1) is 8.03. The van der Waals surface area contributed by atoms with E-state index >= 15 is 0 Å². The van der Waals surface area contributed by atoms with Gasteiger partial charge in [-0.1, -0.05) is 0 Å². The highest BCUT2D eigenvalue weighted by Crippen LogP contribution is 2.35. The zero-order valence-corrected chi connectivity index (χ0v) is 9.14. The van der Waals surface area contributed by atoms with Gasteiger partial charge in [-0.25, -0.2) is 9.78 Å². The molecule has 1 amide bonds. The van der Waals surface area contributed by atoms with Crippen molar-refractivity contribution in [3.05, 3.63) is 23.9 Å². The number of primary amides is 1. The molecule has 17 heavy (non-hydrogen) atoms. The van der Waals surface area contributed by atoms with Crippen LogP contribution in [0.5, 0.6) is 0 Å². The predicted octanol–water partition coefficient (Wildman–Crippen LogP) is 0.600. The summed E-state index contributed by atoms with van der Waals surface area (Å²) in [7, 11) is 0. The van der Waals surface area contributed by atoms with E-state index in [1.165, 1.54) is 18.3 Å². The number of carbonyl (C=O) groups is 2. The molecule has 0 unspecified atom stereocenters. The molecule has 0 saturated heterocycles. The number of carboxylic acid groups (broad SMARTS) is 1. The standard InChI is InChI=1S/C11H13N3O3/c12-9(15)7-2-5-13-8(6-7)14-11(10(16)17)3-1-4-11/h2,5-6H,1,3-4H2,(H2,12,15)(H,13,14)(H,16,17). The topological polar surface area (TPSA) is 105 Å². The van der Waals surface area contributed by atoms with E-state index in [-0.39, 0.29) is 0 Å². The number of carbonyl (C=O) groups excluding carboxylic acids is 1. The smallest absolute Gasteiger partial charge is 0.329 e. The molecule has 1 fully saturated rings. The van der Waals surface area contributed by atoms with Gasteiger partial charge in [-0.05, 0) is 31.4 Å². The second-order valence-electron chi connectivity index (χ2n) is 4.16. The minimum atomic E-state index is -0.941. The van der Waals surface area contributed by atoms with Crippen molar-refractivity contribution in [2.24, 2.45) is 5.73 Å². The summed E-state index contributed by atoms with van der Waals surface area (Å²) in [4.78, 5) is 26.1. The van der Waals surface area contributed by atoms with Gasteiger partial charge in [0.2, 0.25) is 5.91 Å². The number of rotatable bonds is 4. The van der Waals surface area contributed by atoms with E-state index in [1.807, 2.05) is 0 Å². The maximum Gasteiger partial charge on any atom is 0.329 e. The molecular formula is C11H13N3O3. The number of nitrogens with two attached hydrogens (primary N) is 1. The maximum atomic E-state index is 11.1. The average Bonchev–Trinajstić information content (AvgIpc) is 2.23. The number of anilines is 1. The fourth-order valence-corrected chi connectivity index (χ4v) is 1.82. The Morgan fingerprint density at radius 1 is 1.47 bits per heavy atom. The fraction of sp³-hybridized carbons (Fsp3) is 0.364. The molecule has 0 aromatic carbocycles. The van der Waals surface area contributed by atoms with Crippen LogP contribution in [0.2, 0.25) is 0 Å². The molecule has 0 atom stereocenters. The first kappa shape index (κ1) is 11.4. The van der Waals surface area contributed by atoms with Crippen LogP contribution in [-0.4, -0.2) is 27.5 Å². The highest BCUT2D eigenvalue weighted by molar-refractivity contribution is 5.93. The first-order valence-electron chi connectivity index (χ1n) is 5.31. The van der Waals surface area contributed by atoms with Gasteiger partial charge < -0.3 is 16.2 Å². The number of aromatic nitrogens is 1. The summed E-state index contributed by atoms with van der Waals surface area (Å²) < 4.78 is 0. The van der Waals surface area contributed by atoms with Crippen molar-refractivity contribution < 1.29 is 14.7 Å². The third-order valence-corrected chi connectivity index (χ3v) is 3.03. The Hall–Kier alpha value is -2.11. The minimum absolute atomic E-state index is 0.308. The second kappa shape index (κ2) is 4.04. The molecule has 0 bridgehead atoms. The summed E-state index contributed by atoms with van der Waals surface area (Å²) in [5, 5.41) is 12.0. The lowest BCUT2D eigenvalue weighted by Gasteiger charge is -2.38. The lowest BCUT2D eigenvalue weighted by molar-refractivity contribution is -0.145. The molecule has 6 nitrogen and oxygen atoms in total. The zero-order valence-electron chi connectivity index (χ0n) is 9.14. The van der Waals surface area contributed by atoms with Crippen LogP contribution >= 0.6 is 0 Å². The van der Waals surface area contributed by atoms with Crippen LogP contribution < -0.4 is 11.1 Å². The number of nitrogens with one attached hydrogen (secondary N) is 1. The number of nitrogens with zero attached hydrogens (tertiary/aromatic N) is 1. The van der Waals surface area contributed by atoms with Gasteiger partial charge in [-0.2, -0.15) is 0 Å². The Labute approximate surface area is 97.8 Å². The summed E-state index contributed by atoms with van der Waals surface area (Å²) in [6, 6.07) is 2.95. The number of aliphatic carboxylic acids is 1. The average molecular weight is 235 g/mol. The number of amides is 1. The van der Waals surface area contributed by atoms with Gasteiger partial charge in [0.05, 0.1) is 0 Å². The van der Waals surface area contributed by atoms with Crippen molar-refractivity contribution in [2.45, 2.75) is 24.8 Å². The molecule has 1 aliphatic rings. The summed E-state index contributed by atoms with van der Waals surface area (Å²) in [5.41, 5.74) is 4.51. The van der Waals surface area contributed by atoms with E-state index in [1.54, 1.807) is 0 Å². The molecule has 4 N–H and O–H groups in total. The van der Waals surface area contributed by atoms with Crippen LogP contribution in [0.15, 0.2) is 18.3 Å². The van der Waals surface area contributed by atoms with Crippen molar-refractivity contribution in [1.29, 1.82) is 0 Å². The Kier molecular flexibility index (Phi) is 2.71. The number of pyridine rings is 1. The lowest BCUT2D eigenvalue weighted by Crippen LogP contribution is -2.52. The van der Waals surface area contributed by atoms with Crippen molar-refractivity contribution >= 4 is 17.7 Å². The summed E-state index contributed by atoms with van der Waals surface area (Å²) in [6.45, 7) is 0. The van der Waals surface area contributed by atoms with Crippen LogP contribution in [0.3, 0.4) is 0 Å². The molecule has 1 heterocycles. The third kappa shape index (κ3) is 2.06. The van der Waals surface area contributed by atoms with E-state index in [4.69, 9.17) is 10.8 Å². The Balaban J connectivity index is 2.21. The number of hydrogen-bond acceptors (Lipinski definition) is 4. The van der Waals surface area contributed by atoms with Crippen LogP contribution in [0.4, 0.5) is 5.82 Å². The van der Waals surface area contributed by atoms with Gasteiger partial charge in [-0.3, -0.25) is 4.79 Å². The normalized spacial score (nSPS) is 16.9. The van der Waals surface area contributed by atoms with Gasteiger partial charge in [0.15, 0.2) is 0 Å². The van der Waals surface area contributed by atoms with Gasteiger partial charge in [0, 0.05) is 11.8 Å².